The van der Waals surface area contributed by atoms with Gasteiger partial charge in [0.1, 0.15) is 5.69 Å². The number of carbonyl (C=O) groups excluding carboxylic acids is 2. The van der Waals surface area contributed by atoms with Crippen LogP contribution in [0.15, 0.2) is 42.7 Å². The highest BCUT2D eigenvalue weighted by molar-refractivity contribution is 6.08. The second-order valence-electron chi connectivity index (χ2n) is 5.50. The quantitative estimate of drug-likeness (QED) is 0.591. The molecule has 7 heteroatoms. The molecule has 0 saturated carbocycles. The van der Waals surface area contributed by atoms with Gasteiger partial charge in [-0.2, -0.15) is 5.10 Å². The Morgan fingerprint density at radius 1 is 1.17 bits per heavy atom. The van der Waals surface area contributed by atoms with Crippen LogP contribution in [0, 0.1) is 0 Å². The van der Waals surface area contributed by atoms with Crippen molar-refractivity contribution in [1.29, 1.82) is 0 Å². The molecule has 3 N–H and O–H groups in total. The molecule has 1 amide bonds. The number of hydrogen-bond donors (Lipinski definition) is 2. The molecule has 1 aromatic carbocycles. The van der Waals surface area contributed by atoms with Crippen molar-refractivity contribution in [1.82, 2.24) is 19.7 Å². The highest BCUT2D eigenvalue weighted by Crippen LogP contribution is 2.34. The first-order valence-electron chi connectivity index (χ1n) is 7.31. The molecule has 0 radical (unpaired) electrons. The van der Waals surface area contributed by atoms with Gasteiger partial charge in [0, 0.05) is 29.5 Å². The zero-order valence-electron chi connectivity index (χ0n) is 12.8. The van der Waals surface area contributed by atoms with E-state index in [1.54, 1.807) is 23.0 Å². The molecule has 0 aliphatic carbocycles. The Hall–Kier alpha value is -3.48. The van der Waals surface area contributed by atoms with Crippen LogP contribution < -0.4 is 5.73 Å². The average molecular weight is 319 g/mol. The van der Waals surface area contributed by atoms with Gasteiger partial charge in [-0.25, -0.2) is 4.98 Å². The molecule has 3 heterocycles. The number of H-pyrrole nitrogens is 1. The van der Waals surface area contributed by atoms with E-state index in [9.17, 15) is 9.59 Å². The number of primary amides is 1. The number of aromatic nitrogens is 4. The molecule has 118 valence electrons. The van der Waals surface area contributed by atoms with Crippen molar-refractivity contribution in [3.05, 3.63) is 48.4 Å². The van der Waals surface area contributed by atoms with Crippen molar-refractivity contribution in [2.24, 2.45) is 5.73 Å². The fraction of sp³-hybridized carbons (Fsp3) is 0.0588. The molecule has 0 aliphatic rings. The number of amides is 1. The average Bonchev–Trinajstić information content (AvgIpc) is 3.18. The molecular weight excluding hydrogens is 306 g/mol. The number of nitrogens with zero attached hydrogens (tertiary/aromatic N) is 3. The van der Waals surface area contributed by atoms with Crippen LogP contribution in [-0.2, 0) is 0 Å². The Balaban J connectivity index is 2.12. The molecule has 4 rings (SSSR count). The highest BCUT2D eigenvalue weighted by atomic mass is 16.2. The normalized spacial score (nSPS) is 11.2. The van der Waals surface area contributed by atoms with Crippen LogP contribution in [0.3, 0.4) is 0 Å². The number of fused-ring (bicyclic) bond motifs is 2. The summed E-state index contributed by atoms with van der Waals surface area (Å²) >= 11 is 0. The topological polar surface area (TPSA) is 107 Å². The SMILES string of the molecule is CC(=O)n1cc(-c2cc(C(N)=O)nc3[nH]ncc23)c2ccccc21. The van der Waals surface area contributed by atoms with E-state index < -0.39 is 5.91 Å². The molecule has 0 aliphatic heterocycles. The number of carbonyl (C=O) groups is 2. The third-order valence-corrected chi connectivity index (χ3v) is 4.02. The van der Waals surface area contributed by atoms with Crippen LogP contribution in [0.4, 0.5) is 0 Å². The largest absolute Gasteiger partial charge is 0.364 e. The number of rotatable bonds is 2. The second kappa shape index (κ2) is 5.02. The number of benzene rings is 1. The zero-order valence-corrected chi connectivity index (χ0v) is 12.8. The molecule has 0 spiro atoms. The summed E-state index contributed by atoms with van der Waals surface area (Å²) < 4.78 is 1.58. The first-order valence-corrected chi connectivity index (χ1v) is 7.31. The van der Waals surface area contributed by atoms with E-state index in [1.807, 2.05) is 24.3 Å². The summed E-state index contributed by atoms with van der Waals surface area (Å²) in [4.78, 5) is 27.7. The first kappa shape index (κ1) is 14.1. The summed E-state index contributed by atoms with van der Waals surface area (Å²) in [6, 6.07) is 9.22. The van der Waals surface area contributed by atoms with E-state index in [1.165, 1.54) is 6.92 Å². The van der Waals surface area contributed by atoms with E-state index in [0.29, 0.717) is 5.65 Å². The molecule has 7 nitrogen and oxygen atoms in total. The summed E-state index contributed by atoms with van der Waals surface area (Å²) in [5, 5.41) is 8.41. The van der Waals surface area contributed by atoms with E-state index >= 15 is 0 Å². The second-order valence-corrected chi connectivity index (χ2v) is 5.50. The molecular formula is C17H13N5O2. The fourth-order valence-electron chi connectivity index (χ4n) is 2.93. The van der Waals surface area contributed by atoms with Gasteiger partial charge in [-0.15, -0.1) is 0 Å². The van der Waals surface area contributed by atoms with E-state index in [4.69, 9.17) is 5.73 Å². The van der Waals surface area contributed by atoms with E-state index in [-0.39, 0.29) is 11.6 Å². The number of aromatic amines is 1. The summed E-state index contributed by atoms with van der Waals surface area (Å²) in [6.45, 7) is 1.51. The lowest BCUT2D eigenvalue weighted by molar-refractivity contribution is 0.0940. The standard InChI is InChI=1S/C17H13N5O2/c1-9(23)22-8-13(10-4-2-3-5-15(10)22)11-6-14(16(18)24)20-17-12(11)7-19-21-17/h2-8H,1H3,(H2,18,24)(H,19,20,21). The Labute approximate surface area is 136 Å². The molecule has 0 bridgehead atoms. The lowest BCUT2D eigenvalue weighted by Crippen LogP contribution is -2.13. The number of nitrogens with one attached hydrogen (secondary N) is 1. The van der Waals surface area contributed by atoms with Crippen LogP contribution in [0.1, 0.15) is 22.2 Å². The summed E-state index contributed by atoms with van der Waals surface area (Å²) in [5.41, 5.74) is 8.37. The molecule has 3 aromatic heterocycles. The van der Waals surface area contributed by atoms with Gasteiger partial charge in [0.05, 0.1) is 11.7 Å². The number of nitrogens with two attached hydrogens (primary N) is 1. The van der Waals surface area contributed by atoms with Gasteiger partial charge >= 0.3 is 0 Å². The Kier molecular flexibility index (Phi) is 2.96. The van der Waals surface area contributed by atoms with Crippen molar-refractivity contribution >= 4 is 33.8 Å². The van der Waals surface area contributed by atoms with Gasteiger partial charge in [-0.05, 0) is 17.7 Å². The molecule has 0 fully saturated rings. The van der Waals surface area contributed by atoms with Crippen molar-refractivity contribution in [3.63, 3.8) is 0 Å². The van der Waals surface area contributed by atoms with Crippen LogP contribution >= 0.6 is 0 Å². The summed E-state index contributed by atoms with van der Waals surface area (Å²) in [6.07, 6.45) is 3.40. The lowest BCUT2D eigenvalue weighted by atomic mass is 10.0. The maximum absolute atomic E-state index is 12.0. The fourth-order valence-corrected chi connectivity index (χ4v) is 2.93. The van der Waals surface area contributed by atoms with Crippen molar-refractivity contribution in [2.75, 3.05) is 0 Å². The van der Waals surface area contributed by atoms with Crippen LogP contribution in [0.25, 0.3) is 33.1 Å². The molecule has 0 saturated heterocycles. The maximum Gasteiger partial charge on any atom is 0.267 e. The zero-order chi connectivity index (χ0) is 16.8. The highest BCUT2D eigenvalue weighted by Gasteiger charge is 2.17. The molecule has 0 atom stereocenters. The van der Waals surface area contributed by atoms with Gasteiger partial charge in [-0.3, -0.25) is 19.3 Å². The molecule has 24 heavy (non-hydrogen) atoms. The summed E-state index contributed by atoms with van der Waals surface area (Å²) in [7, 11) is 0. The Morgan fingerprint density at radius 3 is 2.71 bits per heavy atom. The Bertz CT molecular complexity index is 1120. The van der Waals surface area contributed by atoms with Gasteiger partial charge in [0.25, 0.3) is 5.91 Å². The minimum absolute atomic E-state index is 0.0925. The molecule has 4 aromatic rings. The monoisotopic (exact) mass is 319 g/mol. The lowest BCUT2D eigenvalue weighted by Gasteiger charge is -2.04. The summed E-state index contributed by atoms with van der Waals surface area (Å²) in [5.74, 6) is -0.715. The van der Waals surface area contributed by atoms with E-state index in [2.05, 4.69) is 15.2 Å². The minimum Gasteiger partial charge on any atom is -0.364 e. The smallest absolute Gasteiger partial charge is 0.267 e. The third-order valence-electron chi connectivity index (χ3n) is 4.02. The van der Waals surface area contributed by atoms with Gasteiger partial charge < -0.3 is 5.73 Å². The third kappa shape index (κ3) is 1.98. The van der Waals surface area contributed by atoms with Crippen molar-refractivity contribution in [3.8, 4) is 11.1 Å². The maximum atomic E-state index is 12.0. The predicted molar refractivity (Wildman–Crippen MR) is 89.6 cm³/mol. The van der Waals surface area contributed by atoms with Crippen molar-refractivity contribution < 1.29 is 9.59 Å². The van der Waals surface area contributed by atoms with Gasteiger partial charge in [0.15, 0.2) is 5.65 Å². The van der Waals surface area contributed by atoms with Crippen LogP contribution in [0.2, 0.25) is 0 Å². The van der Waals surface area contributed by atoms with E-state index in [0.717, 1.165) is 27.4 Å². The predicted octanol–water partition coefficient (Wildman–Crippen LogP) is 2.34. The van der Waals surface area contributed by atoms with Crippen LogP contribution in [0.5, 0.6) is 0 Å². The van der Waals surface area contributed by atoms with Crippen LogP contribution in [-0.4, -0.2) is 31.6 Å². The number of pyridine rings is 1. The van der Waals surface area contributed by atoms with Crippen molar-refractivity contribution in [2.45, 2.75) is 6.92 Å². The first-order chi connectivity index (χ1) is 11.6. The van der Waals surface area contributed by atoms with Gasteiger partial charge in [0.2, 0.25) is 5.91 Å². The number of hydrogen-bond acceptors (Lipinski definition) is 4. The minimum atomic E-state index is -0.622. The molecule has 0 unspecified atom stereocenters. The Morgan fingerprint density at radius 2 is 1.96 bits per heavy atom. The van der Waals surface area contributed by atoms with Gasteiger partial charge in [-0.1, -0.05) is 18.2 Å². The number of para-hydroxylation sites is 1.